The maximum atomic E-state index is 13.3. The van der Waals surface area contributed by atoms with Crippen LogP contribution in [-0.2, 0) is 32.0 Å². The lowest BCUT2D eigenvalue weighted by Crippen LogP contribution is -2.36. The molecule has 0 radical (unpaired) electrons. The van der Waals surface area contributed by atoms with Crippen LogP contribution in [0.5, 0.6) is 0 Å². The van der Waals surface area contributed by atoms with E-state index in [1.807, 2.05) is 6.26 Å². The Kier molecular flexibility index (Phi) is 7.99. The van der Waals surface area contributed by atoms with Crippen molar-refractivity contribution in [1.82, 2.24) is 34.1 Å². The first-order valence-electron chi connectivity index (χ1n) is 13.5. The molecule has 45 heavy (non-hydrogen) atoms. The predicted octanol–water partition coefficient (Wildman–Crippen LogP) is 0.485. The number of phosphoric ester groups is 2. The molecule has 1 aliphatic carbocycles. The lowest BCUT2D eigenvalue weighted by molar-refractivity contribution is -0.0552. The molecule has 1 saturated carbocycles. The van der Waals surface area contributed by atoms with Gasteiger partial charge >= 0.3 is 15.6 Å². The fourth-order valence-corrected chi connectivity index (χ4v) is 8.47. The number of aromatic nitrogens is 7. The van der Waals surface area contributed by atoms with Gasteiger partial charge in [0.15, 0.2) is 23.0 Å². The second-order valence-electron chi connectivity index (χ2n) is 10.7. The minimum Gasteiger partial charge on any atom is -0.390 e. The molecular formula is C23H27N7O12P2S. The molecule has 4 unspecified atom stereocenters. The Hall–Kier alpha value is -2.58. The van der Waals surface area contributed by atoms with Crippen molar-refractivity contribution < 1.29 is 52.0 Å². The number of pyridine rings is 1. The number of thioether (sulfide) groups is 1. The van der Waals surface area contributed by atoms with Crippen LogP contribution in [0.3, 0.4) is 0 Å². The van der Waals surface area contributed by atoms with Crippen molar-refractivity contribution >= 4 is 49.7 Å². The van der Waals surface area contributed by atoms with Crippen LogP contribution in [0.1, 0.15) is 18.7 Å². The first-order chi connectivity index (χ1) is 21.5. The molecule has 19 nitrogen and oxygen atoms in total. The van der Waals surface area contributed by atoms with Crippen molar-refractivity contribution in [2.24, 2.45) is 5.92 Å². The van der Waals surface area contributed by atoms with Gasteiger partial charge in [-0.05, 0) is 18.7 Å². The van der Waals surface area contributed by atoms with Crippen LogP contribution < -0.4 is 5.56 Å². The zero-order chi connectivity index (χ0) is 31.7. The molecule has 4 aromatic rings. The number of hydrogen-bond acceptors (Lipinski definition) is 15. The summed E-state index contributed by atoms with van der Waals surface area (Å²) in [6, 6.07) is 0.843. The van der Waals surface area contributed by atoms with Crippen molar-refractivity contribution in [3.63, 3.8) is 0 Å². The Morgan fingerprint density at radius 3 is 2.40 bits per heavy atom. The number of nitrogens with zero attached hydrogens (tertiary/aromatic N) is 6. The van der Waals surface area contributed by atoms with Gasteiger partial charge < -0.3 is 34.3 Å². The van der Waals surface area contributed by atoms with E-state index in [9.17, 15) is 33.9 Å². The standard InChI is InChI=1S/C23H27N7O12P2S/c1-45-13-2-3-24-20-14(13)27-9-30(20)23-17(32)19-12(40-23)6-39-44(36,37)41-18-11(4-10(16(18)31)5-38-43(34,35)42-19)29-8-28-15-21(29)25-7-26-22(15)33/h2-3,7-12,16-19,23,31-32H,4-6H2,1H3,(H,34,35)(H,36,37)(H,25,26,33)/t10-,11-,12-,16?,17+,18-,19?,23-/m1/s1. The van der Waals surface area contributed by atoms with Crippen molar-refractivity contribution in [1.29, 1.82) is 0 Å². The number of phosphoric acid groups is 2. The fourth-order valence-electron chi connectivity index (χ4n) is 5.96. The second kappa shape index (κ2) is 11.6. The van der Waals surface area contributed by atoms with Crippen LogP contribution in [-0.4, -0.2) is 104 Å². The summed E-state index contributed by atoms with van der Waals surface area (Å²) in [5, 5.41) is 22.4. The van der Waals surface area contributed by atoms with Gasteiger partial charge in [-0.15, -0.1) is 11.8 Å². The van der Waals surface area contributed by atoms with E-state index in [2.05, 4.69) is 24.9 Å². The SMILES string of the molecule is CSc1ccnc2c1ncn2[C@@H]1O[C@@H]2COP(=O)(O)O[C@H]3C(O)[C@@H](COP(=O)(O)OC2[C@@H]1O)C[C@H]3n1cnc2c(=O)[nH]cnc21. The molecule has 3 aliphatic rings. The third-order valence-corrected chi connectivity index (χ3v) is 10.8. The van der Waals surface area contributed by atoms with Gasteiger partial charge in [0.1, 0.15) is 29.9 Å². The van der Waals surface area contributed by atoms with Crippen LogP contribution in [0.2, 0.25) is 0 Å². The maximum Gasteiger partial charge on any atom is 0.472 e. The highest BCUT2D eigenvalue weighted by atomic mass is 32.2. The third kappa shape index (κ3) is 5.58. The lowest BCUT2D eigenvalue weighted by Gasteiger charge is -2.26. The number of imidazole rings is 2. The molecule has 22 heteroatoms. The summed E-state index contributed by atoms with van der Waals surface area (Å²) in [4.78, 5) is 53.7. The number of aromatic amines is 1. The van der Waals surface area contributed by atoms with Crippen LogP contribution in [0.25, 0.3) is 22.3 Å². The minimum atomic E-state index is -4.98. The molecule has 0 amide bonds. The summed E-state index contributed by atoms with van der Waals surface area (Å²) in [7, 11) is -9.92. The third-order valence-electron chi connectivity index (χ3n) is 8.06. The molecule has 4 aromatic heterocycles. The lowest BCUT2D eigenvalue weighted by atomic mass is 10.1. The monoisotopic (exact) mass is 687 g/mol. The number of aliphatic hydroxyl groups is 2. The molecule has 242 valence electrons. The molecule has 2 bridgehead atoms. The van der Waals surface area contributed by atoms with Gasteiger partial charge in [-0.2, -0.15) is 0 Å². The van der Waals surface area contributed by atoms with Gasteiger partial charge in [-0.25, -0.2) is 29.1 Å². The fraction of sp³-hybridized carbons (Fsp3) is 0.522. The van der Waals surface area contributed by atoms with Gasteiger partial charge in [-0.1, -0.05) is 0 Å². The zero-order valence-corrected chi connectivity index (χ0v) is 25.8. The van der Waals surface area contributed by atoms with Gasteiger partial charge in [0.25, 0.3) is 5.56 Å². The molecule has 7 rings (SSSR count). The van der Waals surface area contributed by atoms with Gasteiger partial charge in [0.05, 0.1) is 44.3 Å². The second-order valence-corrected chi connectivity index (χ2v) is 14.3. The van der Waals surface area contributed by atoms with E-state index < -0.39 is 83.1 Å². The molecule has 3 fully saturated rings. The molecule has 10 atom stereocenters. The number of rotatable bonds is 3. The highest BCUT2D eigenvalue weighted by molar-refractivity contribution is 7.98. The largest absolute Gasteiger partial charge is 0.472 e. The van der Waals surface area contributed by atoms with Crippen molar-refractivity contribution in [3.8, 4) is 0 Å². The number of nitrogens with one attached hydrogen (secondary N) is 1. The highest BCUT2D eigenvalue weighted by Gasteiger charge is 2.53. The van der Waals surface area contributed by atoms with Crippen LogP contribution >= 0.6 is 27.4 Å². The highest BCUT2D eigenvalue weighted by Crippen LogP contribution is 2.55. The Bertz CT molecular complexity index is 1900. The Labute approximate surface area is 256 Å². The number of hydrogen-bond donors (Lipinski definition) is 5. The molecule has 0 aromatic carbocycles. The number of aliphatic hydroxyl groups excluding tert-OH is 2. The van der Waals surface area contributed by atoms with E-state index in [0.717, 1.165) is 11.2 Å². The van der Waals surface area contributed by atoms with Crippen LogP contribution in [0.15, 0.2) is 40.9 Å². The van der Waals surface area contributed by atoms with Crippen molar-refractivity contribution in [2.75, 3.05) is 19.5 Å². The maximum absolute atomic E-state index is 13.3. The topological polar surface area (TPSA) is 255 Å². The first-order valence-corrected chi connectivity index (χ1v) is 17.8. The summed E-state index contributed by atoms with van der Waals surface area (Å²) in [5.74, 6) is -0.924. The average Bonchev–Trinajstić information content (AvgIpc) is 3.76. The first kappa shape index (κ1) is 31.0. The average molecular weight is 688 g/mol. The summed E-state index contributed by atoms with van der Waals surface area (Å²) in [6.45, 7) is -1.29. The molecule has 0 spiro atoms. The molecule has 5 N–H and O–H groups in total. The number of fused-ring (bicyclic) bond motifs is 5. The zero-order valence-electron chi connectivity index (χ0n) is 23.2. The van der Waals surface area contributed by atoms with Crippen molar-refractivity contribution in [2.45, 2.75) is 54.1 Å². The van der Waals surface area contributed by atoms with E-state index >= 15 is 0 Å². The minimum absolute atomic E-state index is 0.00955. The Balaban J connectivity index is 1.20. The van der Waals surface area contributed by atoms with Crippen molar-refractivity contribution in [3.05, 3.63) is 41.6 Å². The molecule has 2 aliphatic heterocycles. The van der Waals surface area contributed by atoms with Crippen LogP contribution in [0.4, 0.5) is 0 Å². The van der Waals surface area contributed by atoms with E-state index in [1.54, 1.807) is 12.3 Å². The normalized spacial score (nSPS) is 37.7. The summed E-state index contributed by atoms with van der Waals surface area (Å²) < 4.78 is 56.5. The summed E-state index contributed by atoms with van der Waals surface area (Å²) in [5.41, 5.74) is 0.450. The molecule has 6 heterocycles. The van der Waals surface area contributed by atoms with E-state index in [-0.39, 0.29) is 17.6 Å². The Morgan fingerprint density at radius 2 is 1.62 bits per heavy atom. The van der Waals surface area contributed by atoms with E-state index in [0.29, 0.717) is 11.2 Å². The van der Waals surface area contributed by atoms with E-state index in [4.69, 9.17) is 22.8 Å². The number of H-pyrrole nitrogens is 1. The predicted molar refractivity (Wildman–Crippen MR) is 152 cm³/mol. The van der Waals surface area contributed by atoms with Gasteiger partial charge in [-0.3, -0.25) is 27.5 Å². The summed E-state index contributed by atoms with van der Waals surface area (Å²) in [6.07, 6.45) is -1.56. The van der Waals surface area contributed by atoms with Gasteiger partial charge in [0, 0.05) is 17.0 Å². The number of ether oxygens (including phenoxy) is 1. The van der Waals surface area contributed by atoms with E-state index in [1.165, 1.54) is 33.6 Å². The Morgan fingerprint density at radius 1 is 0.933 bits per heavy atom. The molecule has 2 saturated heterocycles. The van der Waals surface area contributed by atoms with Gasteiger partial charge in [0.2, 0.25) is 0 Å². The molecular weight excluding hydrogens is 660 g/mol. The smallest absolute Gasteiger partial charge is 0.390 e. The summed E-state index contributed by atoms with van der Waals surface area (Å²) >= 11 is 1.43. The van der Waals surface area contributed by atoms with Crippen LogP contribution in [0, 0.1) is 5.92 Å². The quantitative estimate of drug-likeness (QED) is 0.145.